The Morgan fingerprint density at radius 2 is 2.11 bits per heavy atom. The van der Waals surface area contributed by atoms with E-state index >= 15 is 0 Å². The van der Waals surface area contributed by atoms with Crippen LogP contribution in [0.15, 0.2) is 60.4 Å². The second-order valence-electron chi connectivity index (χ2n) is 9.23. The monoisotopic (exact) mass is 503 g/mol. The van der Waals surface area contributed by atoms with Crippen molar-refractivity contribution in [2.75, 3.05) is 30.3 Å². The number of rotatable bonds is 5. The van der Waals surface area contributed by atoms with Crippen LogP contribution in [0.3, 0.4) is 0 Å². The lowest BCUT2D eigenvalue weighted by Gasteiger charge is -2.15. The van der Waals surface area contributed by atoms with Crippen molar-refractivity contribution in [3.63, 3.8) is 0 Å². The summed E-state index contributed by atoms with van der Waals surface area (Å²) >= 11 is 1.47. The smallest absolute Gasteiger partial charge is 0.246 e. The summed E-state index contributed by atoms with van der Waals surface area (Å²) in [6.07, 6.45) is 10.5. The number of hydrogen-bond donors (Lipinski definition) is 2. The van der Waals surface area contributed by atoms with Crippen LogP contribution in [-0.4, -0.2) is 46.3 Å². The van der Waals surface area contributed by atoms with Crippen molar-refractivity contribution < 1.29 is 17.2 Å². The van der Waals surface area contributed by atoms with Crippen LogP contribution in [0.25, 0.3) is 11.6 Å². The molecule has 0 saturated carbocycles. The molecule has 0 radical (unpaired) electrons. The lowest BCUT2D eigenvalue weighted by atomic mass is 9.98. The first kappa shape index (κ1) is 22.5. The number of fused-ring (bicyclic) bond motifs is 2. The molecule has 0 spiro atoms. The van der Waals surface area contributed by atoms with Crippen LogP contribution in [0.4, 0.5) is 11.5 Å². The molecular weight excluding hydrogens is 474 g/mol. The molecule has 6 rings (SSSR count). The van der Waals surface area contributed by atoms with E-state index in [1.165, 1.54) is 22.5 Å². The van der Waals surface area contributed by atoms with Gasteiger partial charge in [0.25, 0.3) is 0 Å². The van der Waals surface area contributed by atoms with E-state index in [0.29, 0.717) is 30.6 Å². The number of allylic oxidation sites excluding steroid dienone is 1. The predicted octanol–water partition coefficient (Wildman–Crippen LogP) is 5.15. The summed E-state index contributed by atoms with van der Waals surface area (Å²) in [5.41, 5.74) is 5.88. The van der Waals surface area contributed by atoms with Crippen molar-refractivity contribution in [2.45, 2.75) is 12.8 Å². The number of nitrogens with zero attached hydrogens (tertiary/aromatic N) is 3. The van der Waals surface area contributed by atoms with Crippen LogP contribution < -0.4 is 15.4 Å². The summed E-state index contributed by atoms with van der Waals surface area (Å²) in [6.45, 7) is 2.06. The van der Waals surface area contributed by atoms with Gasteiger partial charge in [-0.25, -0.2) is 9.97 Å². The lowest BCUT2D eigenvalue weighted by Crippen LogP contribution is -2.27. The molecule has 2 aromatic heterocycles. The molecule has 36 heavy (non-hydrogen) atoms. The fourth-order valence-corrected chi connectivity index (χ4v) is 5.49. The number of carbonyl (C=O) groups is 2. The molecule has 2 amide bonds. The highest BCUT2D eigenvalue weighted by Crippen LogP contribution is 2.41. The largest absolute Gasteiger partial charge is 0.445 e. The Morgan fingerprint density at radius 3 is 2.92 bits per heavy atom. The first-order chi connectivity index (χ1) is 17.6. The minimum absolute atomic E-state index is 0. The molecule has 4 heterocycles. The third-order valence-electron chi connectivity index (χ3n) is 6.81. The number of aromatic nitrogens is 2. The molecule has 1 aromatic carbocycles. The van der Waals surface area contributed by atoms with Crippen molar-refractivity contribution in [1.82, 2.24) is 14.9 Å². The molecule has 0 unspecified atom stereocenters. The van der Waals surface area contributed by atoms with Gasteiger partial charge in [-0.15, -0.1) is 0 Å². The van der Waals surface area contributed by atoms with E-state index in [-0.39, 0.29) is 14.7 Å². The number of benzene rings is 1. The van der Waals surface area contributed by atoms with Gasteiger partial charge in [-0.1, -0.05) is 29.5 Å². The topological polar surface area (TPSA) is 96.5 Å². The van der Waals surface area contributed by atoms with Gasteiger partial charge in [-0.3, -0.25) is 9.59 Å². The summed E-state index contributed by atoms with van der Waals surface area (Å²) in [6, 6.07) is 10.1. The summed E-state index contributed by atoms with van der Waals surface area (Å²) in [5, 5.41) is 6.77. The maximum atomic E-state index is 12.9. The number of pyridine rings is 1. The normalized spacial score (nSPS) is 20.8. The van der Waals surface area contributed by atoms with Crippen LogP contribution in [0.1, 0.15) is 26.8 Å². The first-order valence-electron chi connectivity index (χ1n) is 12.0. The van der Waals surface area contributed by atoms with Crippen LogP contribution in [0, 0.1) is 11.8 Å². The molecule has 0 bridgehead atoms. The summed E-state index contributed by atoms with van der Waals surface area (Å²) < 4.78 is 5.81. The highest BCUT2D eigenvalue weighted by Gasteiger charge is 2.37. The van der Waals surface area contributed by atoms with Crippen LogP contribution in [0.5, 0.6) is 10.8 Å². The molecule has 1 fully saturated rings. The Balaban J connectivity index is 0.00000168. The first-order valence-corrected chi connectivity index (χ1v) is 12.9. The quantitative estimate of drug-likeness (QED) is 0.468. The summed E-state index contributed by atoms with van der Waals surface area (Å²) in [7, 11) is 0. The standard InChI is InChI=1S/C27H25N5O3S.2H2/c33-24-7-8-29-23-9-17(12-30-27(23)31-24)1-6-25(34)32-14-20-10-19(11-21(20)15-32)18-2-4-22(5-3-18)35-26-13-28-16-36-26;;/h1-6,9-10,12-13,16,20-21,29H,7-8,11,14-15H2,(H,30,31,33);2*1H/b6-1+;;/t20-,21+;;/m0../s1. The van der Waals surface area contributed by atoms with Gasteiger partial charge in [0.05, 0.1) is 17.4 Å². The van der Waals surface area contributed by atoms with E-state index in [9.17, 15) is 9.59 Å². The third-order valence-corrected chi connectivity index (χ3v) is 7.45. The van der Waals surface area contributed by atoms with Gasteiger partial charge in [0.1, 0.15) is 5.75 Å². The molecule has 8 nitrogen and oxygen atoms in total. The van der Waals surface area contributed by atoms with Crippen molar-refractivity contribution in [3.8, 4) is 10.8 Å². The molecule has 1 aliphatic carbocycles. The van der Waals surface area contributed by atoms with Crippen molar-refractivity contribution in [2.24, 2.45) is 11.8 Å². The van der Waals surface area contributed by atoms with E-state index in [4.69, 9.17) is 4.74 Å². The molecule has 186 valence electrons. The zero-order valence-corrected chi connectivity index (χ0v) is 20.3. The summed E-state index contributed by atoms with van der Waals surface area (Å²) in [5.74, 6) is 2.12. The Kier molecular flexibility index (Phi) is 5.98. The van der Waals surface area contributed by atoms with Crippen LogP contribution in [0.2, 0.25) is 0 Å². The number of amides is 2. The number of anilines is 2. The van der Waals surface area contributed by atoms with E-state index < -0.39 is 0 Å². The number of hydrogen-bond acceptors (Lipinski definition) is 7. The maximum Gasteiger partial charge on any atom is 0.246 e. The van der Waals surface area contributed by atoms with E-state index in [1.54, 1.807) is 30.1 Å². The molecule has 2 aliphatic heterocycles. The second-order valence-corrected chi connectivity index (χ2v) is 10.1. The maximum absolute atomic E-state index is 12.9. The Labute approximate surface area is 215 Å². The molecule has 3 aromatic rings. The van der Waals surface area contributed by atoms with Crippen LogP contribution in [-0.2, 0) is 9.59 Å². The van der Waals surface area contributed by atoms with Gasteiger partial charge >= 0.3 is 0 Å². The molecule has 1 saturated heterocycles. The minimum atomic E-state index is -0.0537. The SMILES string of the molecule is O=C1CCNc2cc(/C=C/C(=O)N3C[C@H]4CC(c5ccc(Oc6cncs6)cc5)=C[C@H]4C3)cnc2N1.[HH].[HH]. The van der Waals surface area contributed by atoms with E-state index in [2.05, 4.69) is 38.8 Å². The molecule has 2 N–H and O–H groups in total. The Bertz CT molecular complexity index is 1360. The number of thiazole rings is 1. The summed E-state index contributed by atoms with van der Waals surface area (Å²) in [4.78, 5) is 34.8. The van der Waals surface area contributed by atoms with Gasteiger partial charge < -0.3 is 20.3 Å². The van der Waals surface area contributed by atoms with Crippen molar-refractivity contribution in [1.29, 1.82) is 0 Å². The minimum Gasteiger partial charge on any atom is -0.445 e. The van der Waals surface area contributed by atoms with E-state index in [0.717, 1.165) is 41.6 Å². The van der Waals surface area contributed by atoms with Gasteiger partial charge in [-0.05, 0) is 59.2 Å². The number of likely N-dealkylation sites (tertiary alicyclic amines) is 1. The lowest BCUT2D eigenvalue weighted by molar-refractivity contribution is -0.125. The van der Waals surface area contributed by atoms with Crippen molar-refractivity contribution >= 4 is 46.3 Å². The highest BCUT2D eigenvalue weighted by atomic mass is 32.1. The van der Waals surface area contributed by atoms with Gasteiger partial charge in [0, 0.05) is 41.2 Å². The highest BCUT2D eigenvalue weighted by molar-refractivity contribution is 7.11. The van der Waals surface area contributed by atoms with Gasteiger partial charge in [0.2, 0.25) is 16.9 Å². The third kappa shape index (κ3) is 4.74. The van der Waals surface area contributed by atoms with Gasteiger partial charge in [-0.2, -0.15) is 0 Å². The van der Waals surface area contributed by atoms with Crippen LogP contribution >= 0.6 is 11.3 Å². The van der Waals surface area contributed by atoms with Crippen molar-refractivity contribution in [3.05, 3.63) is 71.5 Å². The predicted molar refractivity (Wildman–Crippen MR) is 144 cm³/mol. The number of ether oxygens (including phenoxy) is 1. The fraction of sp³-hybridized carbons (Fsp3) is 0.259. The zero-order valence-electron chi connectivity index (χ0n) is 19.5. The van der Waals surface area contributed by atoms with E-state index in [1.807, 2.05) is 23.1 Å². The molecule has 2 atom stereocenters. The zero-order chi connectivity index (χ0) is 24.5. The second kappa shape index (κ2) is 9.58. The average molecular weight is 504 g/mol. The molecule has 9 heteroatoms. The van der Waals surface area contributed by atoms with Gasteiger partial charge in [0.15, 0.2) is 5.82 Å². The Morgan fingerprint density at radius 1 is 1.22 bits per heavy atom. The Hall–Kier alpha value is -3.98. The number of nitrogens with one attached hydrogen (secondary N) is 2. The number of carbonyl (C=O) groups excluding carboxylic acids is 2. The average Bonchev–Trinajstić information content (AvgIpc) is 3.59. The molecular formula is C27H29N5O3S. The fourth-order valence-electron chi connectivity index (χ4n) is 5.00. The molecule has 3 aliphatic rings.